The van der Waals surface area contributed by atoms with Crippen molar-refractivity contribution < 1.29 is 0 Å². The van der Waals surface area contributed by atoms with Crippen molar-refractivity contribution in [2.75, 3.05) is 18.5 Å². The number of hydrogen-bond acceptors (Lipinski definition) is 5. The third-order valence-corrected chi connectivity index (χ3v) is 2.58. The third kappa shape index (κ3) is 3.01. The first-order valence-corrected chi connectivity index (χ1v) is 5.63. The molecule has 0 aliphatic heterocycles. The average Bonchev–Trinajstić information content (AvgIpc) is 2.46. The molecule has 0 saturated carbocycles. The Morgan fingerprint density at radius 3 is 2.72 bits per heavy atom. The summed E-state index contributed by atoms with van der Waals surface area (Å²) in [6, 6.07) is 7.58. The predicted molar refractivity (Wildman–Crippen MR) is 68.0 cm³/mol. The molecule has 2 aromatic rings. The van der Waals surface area contributed by atoms with Gasteiger partial charge in [0.25, 0.3) is 0 Å². The molecular weight excluding hydrogens is 226 g/mol. The van der Waals surface area contributed by atoms with Crippen molar-refractivity contribution in [1.82, 2.24) is 15.0 Å². The number of aromatic nitrogens is 3. The van der Waals surface area contributed by atoms with Gasteiger partial charge in [0.2, 0.25) is 5.95 Å². The van der Waals surface area contributed by atoms with E-state index in [0.29, 0.717) is 11.6 Å². The molecule has 0 fully saturated rings. The van der Waals surface area contributed by atoms with E-state index in [1.165, 1.54) is 5.56 Å². The maximum absolute atomic E-state index is 8.79. The SMILES string of the molecule is CN(CCc1ccncc1)c1nccc(C#N)n1. The number of likely N-dealkylation sites (N-methyl/N-ethyl adjacent to an activating group) is 1. The van der Waals surface area contributed by atoms with Crippen LogP contribution < -0.4 is 4.90 Å². The van der Waals surface area contributed by atoms with Crippen molar-refractivity contribution in [3.8, 4) is 6.07 Å². The highest BCUT2D eigenvalue weighted by molar-refractivity contribution is 5.32. The van der Waals surface area contributed by atoms with Gasteiger partial charge in [-0.15, -0.1) is 0 Å². The van der Waals surface area contributed by atoms with E-state index in [2.05, 4.69) is 15.0 Å². The van der Waals surface area contributed by atoms with Crippen LogP contribution >= 0.6 is 0 Å². The van der Waals surface area contributed by atoms with Gasteiger partial charge in [0.15, 0.2) is 0 Å². The quantitative estimate of drug-likeness (QED) is 0.807. The highest BCUT2D eigenvalue weighted by Gasteiger charge is 2.05. The summed E-state index contributed by atoms with van der Waals surface area (Å²) in [6.07, 6.45) is 6.05. The molecule has 0 bridgehead atoms. The molecule has 90 valence electrons. The zero-order valence-corrected chi connectivity index (χ0v) is 10.1. The van der Waals surface area contributed by atoms with Crippen molar-refractivity contribution in [2.24, 2.45) is 0 Å². The second-order valence-electron chi connectivity index (χ2n) is 3.88. The van der Waals surface area contributed by atoms with E-state index in [-0.39, 0.29) is 0 Å². The Labute approximate surface area is 106 Å². The van der Waals surface area contributed by atoms with E-state index >= 15 is 0 Å². The Kier molecular flexibility index (Phi) is 3.82. The van der Waals surface area contributed by atoms with Crippen LogP contribution in [0, 0.1) is 11.3 Å². The number of pyridine rings is 1. The van der Waals surface area contributed by atoms with Crippen LogP contribution in [0.3, 0.4) is 0 Å². The van der Waals surface area contributed by atoms with E-state index in [1.807, 2.05) is 30.1 Å². The molecule has 2 rings (SSSR count). The number of hydrogen-bond donors (Lipinski definition) is 0. The fourth-order valence-corrected chi connectivity index (χ4v) is 1.54. The van der Waals surface area contributed by atoms with Gasteiger partial charge in [0, 0.05) is 32.2 Å². The first kappa shape index (κ1) is 12.0. The van der Waals surface area contributed by atoms with E-state index in [1.54, 1.807) is 24.7 Å². The van der Waals surface area contributed by atoms with Crippen LogP contribution in [-0.4, -0.2) is 28.5 Å². The molecule has 18 heavy (non-hydrogen) atoms. The van der Waals surface area contributed by atoms with Crippen molar-refractivity contribution in [3.05, 3.63) is 48.0 Å². The summed E-state index contributed by atoms with van der Waals surface area (Å²) in [5.41, 5.74) is 1.60. The Morgan fingerprint density at radius 2 is 2.00 bits per heavy atom. The van der Waals surface area contributed by atoms with Crippen LogP contribution in [0.4, 0.5) is 5.95 Å². The molecule has 0 aromatic carbocycles. The van der Waals surface area contributed by atoms with Gasteiger partial charge in [-0.2, -0.15) is 5.26 Å². The van der Waals surface area contributed by atoms with Gasteiger partial charge in [-0.05, 0) is 30.2 Å². The molecule has 0 spiro atoms. The van der Waals surface area contributed by atoms with Gasteiger partial charge in [0.1, 0.15) is 11.8 Å². The van der Waals surface area contributed by atoms with Crippen LogP contribution in [-0.2, 0) is 6.42 Å². The molecule has 0 radical (unpaired) electrons. The minimum absolute atomic E-state index is 0.385. The summed E-state index contributed by atoms with van der Waals surface area (Å²) >= 11 is 0. The molecule has 2 aromatic heterocycles. The zero-order valence-electron chi connectivity index (χ0n) is 10.1. The van der Waals surface area contributed by atoms with Crippen molar-refractivity contribution in [1.29, 1.82) is 5.26 Å². The van der Waals surface area contributed by atoms with Gasteiger partial charge in [-0.1, -0.05) is 0 Å². The summed E-state index contributed by atoms with van der Waals surface area (Å²) in [7, 11) is 1.91. The molecule has 5 heteroatoms. The van der Waals surface area contributed by atoms with Crippen LogP contribution in [0.25, 0.3) is 0 Å². The number of rotatable bonds is 4. The van der Waals surface area contributed by atoms with Gasteiger partial charge in [-0.25, -0.2) is 9.97 Å². The van der Waals surface area contributed by atoms with Gasteiger partial charge in [-0.3, -0.25) is 4.98 Å². The third-order valence-electron chi connectivity index (χ3n) is 2.58. The lowest BCUT2D eigenvalue weighted by molar-refractivity contribution is 0.834. The second kappa shape index (κ2) is 5.73. The van der Waals surface area contributed by atoms with Crippen LogP contribution in [0.15, 0.2) is 36.8 Å². The fourth-order valence-electron chi connectivity index (χ4n) is 1.54. The van der Waals surface area contributed by atoms with Crippen LogP contribution in [0.2, 0.25) is 0 Å². The zero-order chi connectivity index (χ0) is 12.8. The molecule has 2 heterocycles. The number of anilines is 1. The molecule has 0 atom stereocenters. The summed E-state index contributed by atoms with van der Waals surface area (Å²) in [5, 5.41) is 8.79. The Bertz CT molecular complexity index is 547. The molecule has 0 amide bonds. The van der Waals surface area contributed by atoms with Gasteiger partial charge < -0.3 is 4.90 Å². The normalized spacial score (nSPS) is 9.78. The first-order chi connectivity index (χ1) is 8.79. The summed E-state index contributed by atoms with van der Waals surface area (Å²) in [6.45, 7) is 0.791. The standard InChI is InChI=1S/C13H13N5/c1-18(9-5-11-2-6-15-7-3-11)13-16-8-4-12(10-14)17-13/h2-4,6-8H,5,9H2,1H3. The van der Waals surface area contributed by atoms with Gasteiger partial charge in [0.05, 0.1) is 0 Å². The maximum atomic E-state index is 8.79. The summed E-state index contributed by atoms with van der Waals surface area (Å²) in [5.74, 6) is 0.572. The summed E-state index contributed by atoms with van der Waals surface area (Å²) in [4.78, 5) is 14.2. The van der Waals surface area contributed by atoms with Crippen LogP contribution in [0.5, 0.6) is 0 Å². The molecule has 0 unspecified atom stereocenters. The molecule has 0 saturated heterocycles. The van der Waals surface area contributed by atoms with E-state index in [0.717, 1.165) is 13.0 Å². The van der Waals surface area contributed by atoms with Crippen LogP contribution in [0.1, 0.15) is 11.3 Å². The van der Waals surface area contributed by atoms with E-state index in [4.69, 9.17) is 5.26 Å². The maximum Gasteiger partial charge on any atom is 0.226 e. The lowest BCUT2D eigenvalue weighted by Crippen LogP contribution is -2.22. The average molecular weight is 239 g/mol. The van der Waals surface area contributed by atoms with Crippen molar-refractivity contribution in [3.63, 3.8) is 0 Å². The van der Waals surface area contributed by atoms with Crippen molar-refractivity contribution in [2.45, 2.75) is 6.42 Å². The second-order valence-corrected chi connectivity index (χ2v) is 3.88. The van der Waals surface area contributed by atoms with Crippen molar-refractivity contribution >= 4 is 5.95 Å². The molecule has 0 N–H and O–H groups in total. The Balaban J connectivity index is 1.99. The predicted octanol–water partition coefficient (Wildman–Crippen LogP) is 1.42. The highest BCUT2D eigenvalue weighted by Crippen LogP contribution is 2.06. The summed E-state index contributed by atoms with van der Waals surface area (Å²) < 4.78 is 0. The Morgan fingerprint density at radius 1 is 1.22 bits per heavy atom. The molecular formula is C13H13N5. The minimum atomic E-state index is 0.385. The molecule has 0 aliphatic rings. The van der Waals surface area contributed by atoms with Gasteiger partial charge >= 0.3 is 0 Å². The monoisotopic (exact) mass is 239 g/mol. The highest BCUT2D eigenvalue weighted by atomic mass is 15.2. The first-order valence-electron chi connectivity index (χ1n) is 5.63. The molecule has 0 aliphatic carbocycles. The lowest BCUT2D eigenvalue weighted by Gasteiger charge is -2.16. The largest absolute Gasteiger partial charge is 0.344 e. The van der Waals surface area contributed by atoms with E-state index < -0.39 is 0 Å². The minimum Gasteiger partial charge on any atom is -0.344 e. The topological polar surface area (TPSA) is 65.7 Å². The smallest absolute Gasteiger partial charge is 0.226 e. The number of nitrogens with zero attached hydrogens (tertiary/aromatic N) is 5. The lowest BCUT2D eigenvalue weighted by atomic mass is 10.2. The fraction of sp³-hybridized carbons (Fsp3) is 0.231. The number of nitriles is 1. The Hall–Kier alpha value is -2.48. The van der Waals surface area contributed by atoms with E-state index in [9.17, 15) is 0 Å². The molecule has 5 nitrogen and oxygen atoms in total.